The van der Waals surface area contributed by atoms with E-state index in [-0.39, 0.29) is 5.75 Å². The number of hydrogen-bond donors (Lipinski definition) is 1. The van der Waals surface area contributed by atoms with E-state index in [1.807, 2.05) is 24.3 Å². The third-order valence-electron chi connectivity index (χ3n) is 3.58. The normalized spacial score (nSPS) is 17.2. The van der Waals surface area contributed by atoms with Gasteiger partial charge in [0.05, 0.1) is 11.5 Å². The molecule has 1 aromatic carbocycles. The average molecular weight is 267 g/mol. The molecular weight excluding hydrogens is 246 g/mol. The van der Waals surface area contributed by atoms with Crippen molar-refractivity contribution in [2.75, 3.05) is 5.75 Å². The van der Waals surface area contributed by atoms with Gasteiger partial charge in [0.25, 0.3) is 0 Å². The van der Waals surface area contributed by atoms with Crippen molar-refractivity contribution in [3.63, 3.8) is 0 Å². The first-order valence-electron chi connectivity index (χ1n) is 6.57. The first-order chi connectivity index (χ1) is 8.59. The Bertz CT molecular complexity index is 490. The van der Waals surface area contributed by atoms with Gasteiger partial charge in [-0.25, -0.2) is 8.42 Å². The van der Waals surface area contributed by atoms with E-state index in [4.69, 9.17) is 5.73 Å². The predicted molar refractivity (Wildman–Crippen MR) is 73.8 cm³/mol. The van der Waals surface area contributed by atoms with Crippen LogP contribution in [0.15, 0.2) is 24.3 Å². The van der Waals surface area contributed by atoms with Crippen LogP contribution in [0.3, 0.4) is 0 Å². The molecule has 0 aromatic heterocycles. The third-order valence-corrected chi connectivity index (χ3v) is 5.33. The van der Waals surface area contributed by atoms with Gasteiger partial charge in [-0.05, 0) is 29.9 Å². The second-order valence-corrected chi connectivity index (χ2v) is 7.34. The minimum absolute atomic E-state index is 0.150. The molecule has 0 atom stereocenters. The molecule has 0 saturated heterocycles. The Morgan fingerprint density at radius 1 is 1.17 bits per heavy atom. The van der Waals surface area contributed by atoms with Gasteiger partial charge in [0.1, 0.15) is 0 Å². The van der Waals surface area contributed by atoms with E-state index >= 15 is 0 Å². The van der Waals surface area contributed by atoms with Crippen molar-refractivity contribution in [2.24, 2.45) is 11.7 Å². The summed E-state index contributed by atoms with van der Waals surface area (Å²) in [6, 6.07) is 7.56. The minimum atomic E-state index is -2.98. The third kappa shape index (κ3) is 3.82. The molecule has 0 aliphatic heterocycles. The zero-order chi connectivity index (χ0) is 13.0. The van der Waals surface area contributed by atoms with Crippen molar-refractivity contribution in [1.29, 1.82) is 0 Å². The molecule has 0 bridgehead atoms. The fraction of sp³-hybridized carbons (Fsp3) is 0.571. The van der Waals surface area contributed by atoms with Crippen LogP contribution >= 0.6 is 0 Å². The summed E-state index contributed by atoms with van der Waals surface area (Å²) in [4.78, 5) is 0. The Kier molecular flexibility index (Phi) is 4.40. The van der Waals surface area contributed by atoms with Crippen molar-refractivity contribution < 1.29 is 8.42 Å². The van der Waals surface area contributed by atoms with Crippen LogP contribution in [0.1, 0.15) is 36.8 Å². The lowest BCUT2D eigenvalue weighted by Gasteiger charge is -2.10. The van der Waals surface area contributed by atoms with E-state index in [1.54, 1.807) is 0 Å². The first-order valence-corrected chi connectivity index (χ1v) is 8.39. The molecule has 18 heavy (non-hydrogen) atoms. The maximum absolute atomic E-state index is 12.1. The molecule has 1 aliphatic carbocycles. The molecule has 0 amide bonds. The van der Waals surface area contributed by atoms with Crippen LogP contribution in [-0.2, 0) is 22.1 Å². The number of rotatable bonds is 5. The minimum Gasteiger partial charge on any atom is -0.326 e. The van der Waals surface area contributed by atoms with E-state index in [9.17, 15) is 8.42 Å². The topological polar surface area (TPSA) is 60.2 Å². The van der Waals surface area contributed by atoms with E-state index < -0.39 is 9.84 Å². The summed E-state index contributed by atoms with van der Waals surface area (Å²) in [6.45, 7) is 0.455. The number of nitrogens with two attached hydrogens (primary N) is 1. The SMILES string of the molecule is NCc1cccc(CS(=O)(=O)CC2CCCC2)c1. The van der Waals surface area contributed by atoms with Gasteiger partial charge >= 0.3 is 0 Å². The van der Waals surface area contributed by atoms with E-state index in [0.29, 0.717) is 18.2 Å². The van der Waals surface area contributed by atoms with E-state index in [2.05, 4.69) is 0 Å². The molecule has 0 radical (unpaired) electrons. The molecule has 1 saturated carbocycles. The summed E-state index contributed by atoms with van der Waals surface area (Å²) in [5.74, 6) is 0.879. The van der Waals surface area contributed by atoms with Crippen LogP contribution in [0.4, 0.5) is 0 Å². The molecule has 1 aliphatic rings. The smallest absolute Gasteiger partial charge is 0.154 e. The Hall–Kier alpha value is -0.870. The lowest BCUT2D eigenvalue weighted by molar-refractivity contribution is 0.558. The van der Waals surface area contributed by atoms with Crippen LogP contribution in [0.5, 0.6) is 0 Å². The van der Waals surface area contributed by atoms with Gasteiger partial charge in [-0.3, -0.25) is 0 Å². The number of sulfone groups is 1. The lowest BCUT2D eigenvalue weighted by Crippen LogP contribution is -2.16. The summed E-state index contributed by atoms with van der Waals surface area (Å²) in [6.07, 6.45) is 4.51. The highest BCUT2D eigenvalue weighted by Gasteiger charge is 2.22. The van der Waals surface area contributed by atoms with Gasteiger partial charge in [0.15, 0.2) is 9.84 Å². The molecule has 4 heteroatoms. The van der Waals surface area contributed by atoms with Crippen molar-refractivity contribution in [3.8, 4) is 0 Å². The van der Waals surface area contributed by atoms with Crippen molar-refractivity contribution in [3.05, 3.63) is 35.4 Å². The summed E-state index contributed by atoms with van der Waals surface area (Å²) >= 11 is 0. The highest BCUT2D eigenvalue weighted by atomic mass is 32.2. The van der Waals surface area contributed by atoms with Gasteiger partial charge in [0, 0.05) is 6.54 Å². The standard InChI is InChI=1S/C14H21NO2S/c15-9-13-6-3-7-14(8-13)11-18(16,17)10-12-4-1-2-5-12/h3,6-8,12H,1-2,4-5,9-11,15H2. The zero-order valence-electron chi connectivity index (χ0n) is 10.6. The van der Waals surface area contributed by atoms with Gasteiger partial charge in [-0.2, -0.15) is 0 Å². The fourth-order valence-corrected chi connectivity index (χ4v) is 4.55. The molecule has 100 valence electrons. The molecule has 3 nitrogen and oxygen atoms in total. The Morgan fingerprint density at radius 2 is 1.83 bits per heavy atom. The maximum atomic E-state index is 12.1. The summed E-state index contributed by atoms with van der Waals surface area (Å²) < 4.78 is 24.2. The van der Waals surface area contributed by atoms with Gasteiger partial charge < -0.3 is 5.73 Å². The van der Waals surface area contributed by atoms with Crippen LogP contribution in [0, 0.1) is 5.92 Å². The Balaban J connectivity index is 2.02. The van der Waals surface area contributed by atoms with Gasteiger partial charge in [-0.1, -0.05) is 37.1 Å². The van der Waals surface area contributed by atoms with E-state index in [0.717, 1.165) is 24.0 Å². The second-order valence-electron chi connectivity index (χ2n) is 5.23. The summed E-state index contributed by atoms with van der Waals surface area (Å²) in [7, 11) is -2.98. The van der Waals surface area contributed by atoms with Crippen LogP contribution in [0.2, 0.25) is 0 Å². The zero-order valence-corrected chi connectivity index (χ0v) is 11.5. The Labute approximate surface area is 109 Å². The summed E-state index contributed by atoms with van der Waals surface area (Å²) in [5, 5.41) is 0. The van der Waals surface area contributed by atoms with Crippen LogP contribution in [0.25, 0.3) is 0 Å². The predicted octanol–water partition coefficient (Wildman–Crippen LogP) is 2.25. The molecule has 0 heterocycles. The number of benzene rings is 1. The van der Waals surface area contributed by atoms with E-state index in [1.165, 1.54) is 12.8 Å². The molecule has 2 N–H and O–H groups in total. The second kappa shape index (κ2) is 5.85. The van der Waals surface area contributed by atoms with Crippen molar-refractivity contribution in [1.82, 2.24) is 0 Å². The largest absolute Gasteiger partial charge is 0.326 e. The molecule has 0 spiro atoms. The fourth-order valence-electron chi connectivity index (χ4n) is 2.70. The first kappa shape index (κ1) is 13.6. The molecule has 1 fully saturated rings. The molecule has 0 unspecified atom stereocenters. The van der Waals surface area contributed by atoms with Crippen LogP contribution < -0.4 is 5.73 Å². The lowest BCUT2D eigenvalue weighted by atomic mass is 10.1. The molecule has 2 rings (SSSR count). The highest BCUT2D eigenvalue weighted by Crippen LogP contribution is 2.26. The maximum Gasteiger partial charge on any atom is 0.154 e. The molecular formula is C14H21NO2S. The van der Waals surface area contributed by atoms with Crippen molar-refractivity contribution >= 4 is 9.84 Å². The van der Waals surface area contributed by atoms with Crippen molar-refractivity contribution in [2.45, 2.75) is 38.0 Å². The number of hydrogen-bond acceptors (Lipinski definition) is 3. The molecule has 1 aromatic rings. The van der Waals surface area contributed by atoms with Crippen LogP contribution in [-0.4, -0.2) is 14.2 Å². The highest BCUT2D eigenvalue weighted by molar-refractivity contribution is 7.90. The van der Waals surface area contributed by atoms with Gasteiger partial charge in [0.2, 0.25) is 0 Å². The monoisotopic (exact) mass is 267 g/mol. The summed E-state index contributed by atoms with van der Waals surface area (Å²) in [5.41, 5.74) is 7.41. The quantitative estimate of drug-likeness (QED) is 0.890. The van der Waals surface area contributed by atoms with Gasteiger partial charge in [-0.15, -0.1) is 0 Å². The average Bonchev–Trinajstić information content (AvgIpc) is 2.80. The Morgan fingerprint density at radius 3 is 2.50 bits per heavy atom.